The Morgan fingerprint density at radius 1 is 1.60 bits per heavy atom. The molecule has 1 rings (SSSR count). The van der Waals surface area contributed by atoms with Gasteiger partial charge in [0.2, 0.25) is 5.88 Å². The fourth-order valence-corrected chi connectivity index (χ4v) is 0.482. The Kier molecular flexibility index (Phi) is 1.49. The molecule has 0 bridgehead atoms. The first-order valence-corrected chi connectivity index (χ1v) is 2.51. The van der Waals surface area contributed by atoms with Gasteiger partial charge in [-0.1, -0.05) is 0 Å². The Bertz CT molecular complexity index is 261. The fraction of sp³-hybridized carbons (Fsp3) is 0. The van der Waals surface area contributed by atoms with E-state index in [1.807, 2.05) is 0 Å². The molecule has 0 aliphatic carbocycles. The third-order valence-electron chi connectivity index (χ3n) is 0.905. The van der Waals surface area contributed by atoms with Crippen molar-refractivity contribution >= 4 is 5.91 Å². The van der Waals surface area contributed by atoms with Gasteiger partial charge in [-0.3, -0.25) is 4.79 Å². The SMILES string of the molecule is NC(=O)c1cc(O)ncn1. The highest BCUT2D eigenvalue weighted by Gasteiger charge is 2.01. The molecule has 0 aliphatic rings. The van der Waals surface area contributed by atoms with Gasteiger partial charge in [-0.2, -0.15) is 0 Å². The molecular formula is C5H5N3O2. The molecule has 0 saturated heterocycles. The monoisotopic (exact) mass is 139 g/mol. The van der Waals surface area contributed by atoms with Crippen molar-refractivity contribution in [2.45, 2.75) is 0 Å². The molecule has 0 atom stereocenters. The van der Waals surface area contributed by atoms with Crippen molar-refractivity contribution in [1.29, 1.82) is 0 Å². The summed E-state index contributed by atoms with van der Waals surface area (Å²) in [7, 11) is 0. The lowest BCUT2D eigenvalue weighted by Gasteiger charge is -1.91. The minimum atomic E-state index is -0.683. The number of nitrogens with zero attached hydrogens (tertiary/aromatic N) is 2. The summed E-state index contributed by atoms with van der Waals surface area (Å²) in [5.74, 6) is -0.943. The molecule has 0 unspecified atom stereocenters. The Labute approximate surface area is 56.5 Å². The number of aromatic hydroxyl groups is 1. The Morgan fingerprint density at radius 3 is 2.70 bits per heavy atom. The number of aromatic nitrogens is 2. The second-order valence-corrected chi connectivity index (χ2v) is 1.63. The third kappa shape index (κ3) is 1.19. The van der Waals surface area contributed by atoms with E-state index in [0.717, 1.165) is 12.4 Å². The molecular weight excluding hydrogens is 134 g/mol. The van der Waals surface area contributed by atoms with Crippen molar-refractivity contribution in [1.82, 2.24) is 9.97 Å². The van der Waals surface area contributed by atoms with Crippen LogP contribution in [0.2, 0.25) is 0 Å². The van der Waals surface area contributed by atoms with Crippen LogP contribution in [-0.2, 0) is 0 Å². The van der Waals surface area contributed by atoms with Crippen LogP contribution in [0.4, 0.5) is 0 Å². The molecule has 1 heterocycles. The summed E-state index contributed by atoms with van der Waals surface area (Å²) in [6.45, 7) is 0. The van der Waals surface area contributed by atoms with Gasteiger partial charge in [0.25, 0.3) is 5.91 Å². The number of rotatable bonds is 1. The lowest BCUT2D eigenvalue weighted by molar-refractivity contribution is 0.0995. The highest BCUT2D eigenvalue weighted by atomic mass is 16.3. The lowest BCUT2D eigenvalue weighted by Crippen LogP contribution is -2.12. The van der Waals surface area contributed by atoms with E-state index in [0.29, 0.717) is 0 Å². The maximum Gasteiger partial charge on any atom is 0.267 e. The molecule has 1 aromatic rings. The summed E-state index contributed by atoms with van der Waals surface area (Å²) in [5.41, 5.74) is 4.85. The summed E-state index contributed by atoms with van der Waals surface area (Å²) in [4.78, 5) is 17.2. The van der Waals surface area contributed by atoms with E-state index in [4.69, 9.17) is 10.8 Å². The number of hydrogen-bond donors (Lipinski definition) is 2. The van der Waals surface area contributed by atoms with E-state index in [9.17, 15) is 4.79 Å². The number of primary amides is 1. The molecule has 0 radical (unpaired) electrons. The average Bonchev–Trinajstić information content (AvgIpc) is 1.88. The van der Waals surface area contributed by atoms with Crippen LogP contribution in [-0.4, -0.2) is 21.0 Å². The normalized spacial score (nSPS) is 9.20. The van der Waals surface area contributed by atoms with Gasteiger partial charge in [-0.25, -0.2) is 9.97 Å². The summed E-state index contributed by atoms with van der Waals surface area (Å²) >= 11 is 0. The van der Waals surface area contributed by atoms with E-state index in [2.05, 4.69) is 9.97 Å². The van der Waals surface area contributed by atoms with Gasteiger partial charge in [0, 0.05) is 6.07 Å². The first kappa shape index (κ1) is 6.47. The van der Waals surface area contributed by atoms with E-state index in [1.54, 1.807) is 0 Å². The number of hydrogen-bond acceptors (Lipinski definition) is 4. The van der Waals surface area contributed by atoms with Crippen LogP contribution in [0.5, 0.6) is 5.88 Å². The Hall–Kier alpha value is -1.65. The van der Waals surface area contributed by atoms with Crippen LogP contribution in [0.1, 0.15) is 10.5 Å². The molecule has 0 aliphatic heterocycles. The zero-order valence-corrected chi connectivity index (χ0v) is 4.98. The molecule has 5 nitrogen and oxygen atoms in total. The van der Waals surface area contributed by atoms with Crippen molar-refractivity contribution in [2.24, 2.45) is 5.73 Å². The molecule has 1 aromatic heterocycles. The molecule has 0 aromatic carbocycles. The van der Waals surface area contributed by atoms with Crippen LogP contribution in [0.15, 0.2) is 12.4 Å². The van der Waals surface area contributed by atoms with E-state index in [-0.39, 0.29) is 11.6 Å². The molecule has 52 valence electrons. The summed E-state index contributed by atoms with van der Waals surface area (Å²) in [6, 6.07) is 1.10. The second kappa shape index (κ2) is 2.30. The van der Waals surface area contributed by atoms with E-state index < -0.39 is 5.91 Å². The molecule has 0 saturated carbocycles. The maximum absolute atomic E-state index is 10.4. The predicted octanol–water partition coefficient (Wildman–Crippen LogP) is -0.719. The van der Waals surface area contributed by atoms with Crippen molar-refractivity contribution in [3.05, 3.63) is 18.1 Å². The molecule has 1 amide bonds. The van der Waals surface area contributed by atoms with Crippen LogP contribution in [0, 0.1) is 0 Å². The standard InChI is InChI=1S/C5H5N3O2/c6-5(10)3-1-4(9)8-2-7-3/h1-2H,(H2,6,10)(H,7,8,9). The largest absolute Gasteiger partial charge is 0.493 e. The molecule has 10 heavy (non-hydrogen) atoms. The van der Waals surface area contributed by atoms with Gasteiger partial charge in [0.15, 0.2) is 0 Å². The second-order valence-electron chi connectivity index (χ2n) is 1.63. The number of carbonyl (C=O) groups is 1. The highest BCUT2D eigenvalue weighted by Crippen LogP contribution is 2.01. The lowest BCUT2D eigenvalue weighted by atomic mass is 10.4. The minimum absolute atomic E-state index is 0.00694. The number of amides is 1. The first-order chi connectivity index (χ1) is 4.70. The van der Waals surface area contributed by atoms with Crippen molar-refractivity contribution in [2.75, 3.05) is 0 Å². The zero-order valence-electron chi connectivity index (χ0n) is 4.98. The molecule has 0 fully saturated rings. The van der Waals surface area contributed by atoms with Gasteiger partial charge in [0.1, 0.15) is 12.0 Å². The van der Waals surface area contributed by atoms with E-state index >= 15 is 0 Å². The molecule has 0 spiro atoms. The summed E-state index contributed by atoms with van der Waals surface area (Å²) in [5, 5.41) is 8.70. The van der Waals surface area contributed by atoms with Crippen molar-refractivity contribution in [3.8, 4) is 5.88 Å². The Balaban J connectivity index is 3.07. The Morgan fingerprint density at radius 2 is 2.30 bits per heavy atom. The summed E-state index contributed by atoms with van der Waals surface area (Å²) in [6.07, 6.45) is 1.06. The minimum Gasteiger partial charge on any atom is -0.493 e. The quantitative estimate of drug-likeness (QED) is 0.537. The summed E-state index contributed by atoms with van der Waals surface area (Å²) < 4.78 is 0. The molecule has 3 N–H and O–H groups in total. The average molecular weight is 139 g/mol. The predicted molar refractivity (Wildman–Crippen MR) is 32.2 cm³/mol. The van der Waals surface area contributed by atoms with Crippen LogP contribution in [0.25, 0.3) is 0 Å². The van der Waals surface area contributed by atoms with E-state index in [1.165, 1.54) is 0 Å². The van der Waals surface area contributed by atoms with Crippen molar-refractivity contribution in [3.63, 3.8) is 0 Å². The third-order valence-corrected chi connectivity index (χ3v) is 0.905. The van der Waals surface area contributed by atoms with Crippen molar-refractivity contribution < 1.29 is 9.90 Å². The maximum atomic E-state index is 10.4. The van der Waals surface area contributed by atoms with Crippen LogP contribution in [0.3, 0.4) is 0 Å². The topological polar surface area (TPSA) is 89.1 Å². The van der Waals surface area contributed by atoms with Gasteiger partial charge in [0.05, 0.1) is 0 Å². The van der Waals surface area contributed by atoms with Gasteiger partial charge in [-0.05, 0) is 0 Å². The number of nitrogens with two attached hydrogens (primary N) is 1. The zero-order chi connectivity index (χ0) is 7.56. The van der Waals surface area contributed by atoms with Crippen LogP contribution < -0.4 is 5.73 Å². The van der Waals surface area contributed by atoms with Gasteiger partial charge >= 0.3 is 0 Å². The molecule has 5 heteroatoms. The highest BCUT2D eigenvalue weighted by molar-refractivity contribution is 5.90. The smallest absolute Gasteiger partial charge is 0.267 e. The first-order valence-electron chi connectivity index (χ1n) is 2.51. The van der Waals surface area contributed by atoms with Gasteiger partial charge < -0.3 is 10.8 Å². The fourth-order valence-electron chi connectivity index (χ4n) is 0.482. The van der Waals surface area contributed by atoms with Crippen LogP contribution >= 0.6 is 0 Å². The van der Waals surface area contributed by atoms with Gasteiger partial charge in [-0.15, -0.1) is 0 Å². The number of carbonyl (C=O) groups excluding carboxylic acids is 1.